The fourth-order valence-electron chi connectivity index (χ4n) is 2.50. The lowest BCUT2D eigenvalue weighted by molar-refractivity contribution is -0.146. The maximum atomic E-state index is 10.9. The van der Waals surface area contributed by atoms with Crippen molar-refractivity contribution < 1.29 is 9.84 Å². The number of benzene rings is 1. The summed E-state index contributed by atoms with van der Waals surface area (Å²) in [5.41, 5.74) is 0.121. The van der Waals surface area contributed by atoms with Crippen LogP contribution in [-0.2, 0) is 10.3 Å². The summed E-state index contributed by atoms with van der Waals surface area (Å²) in [4.78, 5) is 2.21. The first-order chi connectivity index (χ1) is 8.16. The standard InChI is InChI=1S/C14H21NO2/c1-3-17-13-11-15(2)10-9-14(13,16)12-7-5-4-6-8-12/h4-8,13,16H,3,9-11H2,1-2H3/t13-,14-/m0/s1. The highest BCUT2D eigenvalue weighted by molar-refractivity contribution is 5.25. The molecule has 1 saturated heterocycles. The van der Waals surface area contributed by atoms with Crippen molar-refractivity contribution >= 4 is 0 Å². The molecule has 94 valence electrons. The van der Waals surface area contributed by atoms with Crippen molar-refractivity contribution in [2.45, 2.75) is 25.0 Å². The molecular weight excluding hydrogens is 214 g/mol. The Morgan fingerprint density at radius 2 is 2.12 bits per heavy atom. The summed E-state index contributed by atoms with van der Waals surface area (Å²) in [7, 11) is 2.07. The number of piperidine rings is 1. The van der Waals surface area contributed by atoms with Crippen molar-refractivity contribution in [1.82, 2.24) is 4.90 Å². The van der Waals surface area contributed by atoms with Crippen molar-refractivity contribution in [3.8, 4) is 0 Å². The second-order valence-electron chi connectivity index (χ2n) is 4.75. The van der Waals surface area contributed by atoms with Crippen LogP contribution in [0.5, 0.6) is 0 Å². The van der Waals surface area contributed by atoms with E-state index in [1.165, 1.54) is 0 Å². The highest BCUT2D eigenvalue weighted by atomic mass is 16.5. The molecule has 0 aliphatic carbocycles. The predicted molar refractivity (Wildman–Crippen MR) is 67.9 cm³/mol. The van der Waals surface area contributed by atoms with Gasteiger partial charge in [0.05, 0.1) is 0 Å². The fourth-order valence-corrected chi connectivity index (χ4v) is 2.50. The van der Waals surface area contributed by atoms with E-state index >= 15 is 0 Å². The Bertz CT molecular complexity index is 354. The molecule has 1 N–H and O–H groups in total. The number of rotatable bonds is 3. The SMILES string of the molecule is CCO[C@H]1CN(C)CC[C@]1(O)c1ccccc1. The van der Waals surface area contributed by atoms with Gasteiger partial charge in [0.2, 0.25) is 0 Å². The third kappa shape index (κ3) is 2.51. The lowest BCUT2D eigenvalue weighted by atomic mass is 9.82. The molecule has 1 aliphatic heterocycles. The van der Waals surface area contributed by atoms with Crippen molar-refractivity contribution in [2.75, 3.05) is 26.7 Å². The molecule has 0 saturated carbocycles. The highest BCUT2D eigenvalue weighted by Gasteiger charge is 2.42. The smallest absolute Gasteiger partial charge is 0.118 e. The minimum Gasteiger partial charge on any atom is -0.382 e. The van der Waals surface area contributed by atoms with Gasteiger partial charge in [0.15, 0.2) is 0 Å². The van der Waals surface area contributed by atoms with Crippen LogP contribution in [0.2, 0.25) is 0 Å². The van der Waals surface area contributed by atoms with Gasteiger partial charge >= 0.3 is 0 Å². The number of hydrogen-bond donors (Lipinski definition) is 1. The molecule has 0 bridgehead atoms. The van der Waals surface area contributed by atoms with Crippen LogP contribution < -0.4 is 0 Å². The molecule has 0 aromatic heterocycles. The topological polar surface area (TPSA) is 32.7 Å². The summed E-state index contributed by atoms with van der Waals surface area (Å²) in [6.07, 6.45) is 0.576. The summed E-state index contributed by atoms with van der Waals surface area (Å²) < 4.78 is 5.73. The zero-order valence-corrected chi connectivity index (χ0v) is 10.6. The van der Waals surface area contributed by atoms with Crippen LogP contribution in [0.25, 0.3) is 0 Å². The van der Waals surface area contributed by atoms with Crippen molar-refractivity contribution in [3.63, 3.8) is 0 Å². The van der Waals surface area contributed by atoms with E-state index in [0.29, 0.717) is 6.61 Å². The quantitative estimate of drug-likeness (QED) is 0.864. The molecular formula is C14H21NO2. The Labute approximate surface area is 103 Å². The molecule has 1 aliphatic rings. The third-order valence-electron chi connectivity index (χ3n) is 3.53. The van der Waals surface area contributed by atoms with Gasteiger partial charge in [-0.05, 0) is 26.0 Å². The molecule has 0 unspecified atom stereocenters. The van der Waals surface area contributed by atoms with Crippen LogP contribution in [0.3, 0.4) is 0 Å². The van der Waals surface area contributed by atoms with E-state index in [0.717, 1.165) is 25.1 Å². The number of ether oxygens (including phenoxy) is 1. The molecule has 1 aromatic rings. The largest absolute Gasteiger partial charge is 0.382 e. The minimum absolute atomic E-state index is 0.145. The monoisotopic (exact) mass is 235 g/mol. The predicted octanol–water partition coefficient (Wildman–Crippen LogP) is 1.61. The van der Waals surface area contributed by atoms with Crippen LogP contribution in [0.15, 0.2) is 30.3 Å². The maximum absolute atomic E-state index is 10.9. The number of likely N-dealkylation sites (tertiary alicyclic amines) is 1. The van der Waals surface area contributed by atoms with E-state index in [9.17, 15) is 5.11 Å². The zero-order chi connectivity index (χ0) is 12.3. The first-order valence-corrected chi connectivity index (χ1v) is 6.25. The summed E-state index contributed by atoms with van der Waals surface area (Å²) in [6, 6.07) is 9.87. The average molecular weight is 235 g/mol. The Hall–Kier alpha value is -0.900. The molecule has 3 heteroatoms. The molecule has 0 radical (unpaired) electrons. The van der Waals surface area contributed by atoms with Crippen LogP contribution in [0, 0.1) is 0 Å². The van der Waals surface area contributed by atoms with E-state index in [1.807, 2.05) is 37.3 Å². The van der Waals surface area contributed by atoms with Gasteiger partial charge in [0, 0.05) is 19.7 Å². The minimum atomic E-state index is -0.843. The molecule has 0 spiro atoms. The average Bonchev–Trinajstić information content (AvgIpc) is 2.35. The second-order valence-corrected chi connectivity index (χ2v) is 4.75. The fraction of sp³-hybridized carbons (Fsp3) is 0.571. The normalized spacial score (nSPS) is 30.4. The summed E-state index contributed by atoms with van der Waals surface area (Å²) in [5.74, 6) is 0. The van der Waals surface area contributed by atoms with Gasteiger partial charge in [-0.15, -0.1) is 0 Å². The zero-order valence-electron chi connectivity index (χ0n) is 10.6. The van der Waals surface area contributed by atoms with E-state index < -0.39 is 5.60 Å². The lowest BCUT2D eigenvalue weighted by Gasteiger charge is -2.43. The molecule has 1 heterocycles. The van der Waals surface area contributed by atoms with Gasteiger partial charge in [-0.25, -0.2) is 0 Å². The van der Waals surface area contributed by atoms with Crippen molar-refractivity contribution in [2.24, 2.45) is 0 Å². The Morgan fingerprint density at radius 3 is 2.76 bits per heavy atom. The molecule has 0 amide bonds. The van der Waals surface area contributed by atoms with Crippen LogP contribution in [0.4, 0.5) is 0 Å². The van der Waals surface area contributed by atoms with Gasteiger partial charge in [0.25, 0.3) is 0 Å². The first kappa shape index (κ1) is 12.6. The summed E-state index contributed by atoms with van der Waals surface area (Å²) in [6.45, 7) is 4.28. The molecule has 3 nitrogen and oxygen atoms in total. The van der Waals surface area contributed by atoms with Gasteiger partial charge in [-0.2, -0.15) is 0 Å². The summed E-state index contributed by atoms with van der Waals surface area (Å²) >= 11 is 0. The first-order valence-electron chi connectivity index (χ1n) is 6.25. The number of likely N-dealkylation sites (N-methyl/N-ethyl adjacent to an activating group) is 1. The molecule has 17 heavy (non-hydrogen) atoms. The van der Waals surface area contributed by atoms with Crippen LogP contribution >= 0.6 is 0 Å². The van der Waals surface area contributed by atoms with E-state index in [2.05, 4.69) is 11.9 Å². The molecule has 2 rings (SSSR count). The Kier molecular flexibility index (Phi) is 3.82. The lowest BCUT2D eigenvalue weighted by Crippen LogP contribution is -2.53. The second kappa shape index (κ2) is 5.17. The van der Waals surface area contributed by atoms with E-state index in [-0.39, 0.29) is 6.10 Å². The maximum Gasteiger partial charge on any atom is 0.118 e. The Morgan fingerprint density at radius 1 is 1.41 bits per heavy atom. The number of aliphatic hydroxyl groups is 1. The van der Waals surface area contributed by atoms with Crippen molar-refractivity contribution in [1.29, 1.82) is 0 Å². The van der Waals surface area contributed by atoms with Gasteiger partial charge in [-0.1, -0.05) is 30.3 Å². The van der Waals surface area contributed by atoms with Crippen LogP contribution in [-0.4, -0.2) is 42.9 Å². The molecule has 1 fully saturated rings. The molecule has 1 aromatic carbocycles. The third-order valence-corrected chi connectivity index (χ3v) is 3.53. The Balaban J connectivity index is 2.26. The van der Waals surface area contributed by atoms with Crippen molar-refractivity contribution in [3.05, 3.63) is 35.9 Å². The van der Waals surface area contributed by atoms with E-state index in [4.69, 9.17) is 4.74 Å². The van der Waals surface area contributed by atoms with Gasteiger partial charge < -0.3 is 14.7 Å². The molecule has 2 atom stereocenters. The summed E-state index contributed by atoms with van der Waals surface area (Å²) in [5, 5.41) is 10.9. The number of nitrogens with zero attached hydrogens (tertiary/aromatic N) is 1. The van der Waals surface area contributed by atoms with Crippen LogP contribution in [0.1, 0.15) is 18.9 Å². The number of hydrogen-bond acceptors (Lipinski definition) is 3. The van der Waals surface area contributed by atoms with Gasteiger partial charge in [0.1, 0.15) is 11.7 Å². The highest BCUT2D eigenvalue weighted by Crippen LogP contribution is 2.34. The van der Waals surface area contributed by atoms with Gasteiger partial charge in [-0.3, -0.25) is 0 Å². The van der Waals surface area contributed by atoms with E-state index in [1.54, 1.807) is 0 Å².